The van der Waals surface area contributed by atoms with Gasteiger partial charge >= 0.3 is 0 Å². The van der Waals surface area contributed by atoms with Crippen molar-refractivity contribution in [3.8, 4) is 0 Å². The van der Waals surface area contributed by atoms with Crippen molar-refractivity contribution >= 4 is 17.2 Å². The number of hydrogen-bond donors (Lipinski definition) is 1. The molecular formula is C10H19NOS. The van der Waals surface area contributed by atoms with Crippen LogP contribution in [0.1, 0.15) is 39.0 Å². The number of hydrogen-bond acceptors (Lipinski definition) is 2. The standard InChI is InChI=1S/C10H19NOS/c1-2-12-9(10(11)13)8-6-4-3-5-7-8/h8-9H,2-7H2,1H3,(H2,11,13). The van der Waals surface area contributed by atoms with E-state index in [0.29, 0.717) is 17.5 Å². The van der Waals surface area contributed by atoms with Gasteiger partial charge in [-0.25, -0.2) is 0 Å². The molecule has 0 aromatic rings. The fraction of sp³-hybridized carbons (Fsp3) is 0.900. The minimum atomic E-state index is 0.0281. The number of thiocarbonyl (C=S) groups is 1. The van der Waals surface area contributed by atoms with Gasteiger partial charge < -0.3 is 10.5 Å². The summed E-state index contributed by atoms with van der Waals surface area (Å²) in [6.07, 6.45) is 6.44. The van der Waals surface area contributed by atoms with Crippen molar-refractivity contribution < 1.29 is 4.74 Å². The highest BCUT2D eigenvalue weighted by atomic mass is 32.1. The van der Waals surface area contributed by atoms with Crippen LogP contribution >= 0.6 is 12.2 Å². The van der Waals surface area contributed by atoms with E-state index in [1.807, 2.05) is 6.92 Å². The molecule has 0 spiro atoms. The average molecular weight is 201 g/mol. The van der Waals surface area contributed by atoms with Crippen molar-refractivity contribution in [1.82, 2.24) is 0 Å². The molecule has 0 amide bonds. The van der Waals surface area contributed by atoms with E-state index in [9.17, 15) is 0 Å². The van der Waals surface area contributed by atoms with E-state index in [4.69, 9.17) is 22.7 Å². The van der Waals surface area contributed by atoms with Crippen molar-refractivity contribution in [1.29, 1.82) is 0 Å². The summed E-state index contributed by atoms with van der Waals surface area (Å²) >= 11 is 5.02. The Kier molecular flexibility index (Phi) is 4.67. The van der Waals surface area contributed by atoms with E-state index in [0.717, 1.165) is 0 Å². The summed E-state index contributed by atoms with van der Waals surface area (Å²) in [7, 11) is 0. The van der Waals surface area contributed by atoms with Crippen LogP contribution in [0.4, 0.5) is 0 Å². The molecule has 2 N–H and O–H groups in total. The second kappa shape index (κ2) is 5.55. The zero-order chi connectivity index (χ0) is 9.68. The first kappa shape index (κ1) is 10.9. The first-order valence-corrected chi connectivity index (χ1v) is 5.57. The summed E-state index contributed by atoms with van der Waals surface area (Å²) in [6.45, 7) is 2.70. The Morgan fingerprint density at radius 2 is 2.08 bits per heavy atom. The van der Waals surface area contributed by atoms with Crippen LogP contribution in [-0.2, 0) is 4.74 Å². The molecule has 1 aliphatic rings. The molecule has 13 heavy (non-hydrogen) atoms. The third-order valence-corrected chi connectivity index (χ3v) is 2.94. The van der Waals surface area contributed by atoms with Crippen molar-refractivity contribution in [3.05, 3.63) is 0 Å². The molecule has 1 rings (SSSR count). The van der Waals surface area contributed by atoms with Gasteiger partial charge in [0.1, 0.15) is 11.1 Å². The van der Waals surface area contributed by atoms with Gasteiger partial charge in [-0.3, -0.25) is 0 Å². The Labute approximate surface area is 85.8 Å². The third kappa shape index (κ3) is 3.24. The first-order chi connectivity index (χ1) is 6.25. The smallest absolute Gasteiger partial charge is 0.110 e. The fourth-order valence-electron chi connectivity index (χ4n) is 2.07. The number of ether oxygens (including phenoxy) is 1. The lowest BCUT2D eigenvalue weighted by atomic mass is 9.85. The summed E-state index contributed by atoms with van der Waals surface area (Å²) in [5.41, 5.74) is 5.66. The van der Waals surface area contributed by atoms with Crippen molar-refractivity contribution in [2.75, 3.05) is 6.61 Å². The molecule has 0 saturated heterocycles. The maximum absolute atomic E-state index is 5.66. The highest BCUT2D eigenvalue weighted by molar-refractivity contribution is 7.80. The maximum atomic E-state index is 5.66. The first-order valence-electron chi connectivity index (χ1n) is 5.16. The number of nitrogens with two attached hydrogens (primary N) is 1. The topological polar surface area (TPSA) is 35.2 Å². The van der Waals surface area contributed by atoms with Crippen LogP contribution in [0.2, 0.25) is 0 Å². The van der Waals surface area contributed by atoms with E-state index in [1.165, 1.54) is 32.1 Å². The molecule has 0 radical (unpaired) electrons. The van der Waals surface area contributed by atoms with Gasteiger partial charge in [0.2, 0.25) is 0 Å². The normalized spacial score (nSPS) is 21.3. The van der Waals surface area contributed by atoms with Gasteiger partial charge in [-0.2, -0.15) is 0 Å². The van der Waals surface area contributed by atoms with Crippen molar-refractivity contribution in [2.24, 2.45) is 11.7 Å². The summed E-state index contributed by atoms with van der Waals surface area (Å²) in [6, 6.07) is 0. The highest BCUT2D eigenvalue weighted by Crippen LogP contribution is 2.28. The molecule has 0 heterocycles. The van der Waals surface area contributed by atoms with Crippen LogP contribution < -0.4 is 5.73 Å². The fourth-order valence-corrected chi connectivity index (χ4v) is 2.33. The Morgan fingerprint density at radius 1 is 1.46 bits per heavy atom. The molecule has 2 nitrogen and oxygen atoms in total. The largest absolute Gasteiger partial charge is 0.391 e. The van der Waals surface area contributed by atoms with Gasteiger partial charge in [-0.1, -0.05) is 31.5 Å². The third-order valence-electron chi connectivity index (χ3n) is 2.70. The Hall–Kier alpha value is -0.150. The molecule has 0 bridgehead atoms. The van der Waals surface area contributed by atoms with E-state index in [2.05, 4.69) is 0 Å². The predicted octanol–water partition coefficient (Wildman–Crippen LogP) is 2.26. The summed E-state index contributed by atoms with van der Waals surface area (Å²) in [5.74, 6) is 0.575. The maximum Gasteiger partial charge on any atom is 0.110 e. The summed E-state index contributed by atoms with van der Waals surface area (Å²) in [5, 5.41) is 0. The van der Waals surface area contributed by atoms with Gasteiger partial charge in [0, 0.05) is 6.61 Å². The lowest BCUT2D eigenvalue weighted by molar-refractivity contribution is 0.0538. The van der Waals surface area contributed by atoms with Crippen LogP contribution in [0, 0.1) is 5.92 Å². The van der Waals surface area contributed by atoms with Gasteiger partial charge in [0.05, 0.1) is 0 Å². The summed E-state index contributed by atoms with van der Waals surface area (Å²) < 4.78 is 5.58. The Morgan fingerprint density at radius 3 is 2.54 bits per heavy atom. The van der Waals surface area contributed by atoms with Crippen LogP contribution in [0.15, 0.2) is 0 Å². The van der Waals surface area contributed by atoms with Crippen molar-refractivity contribution in [3.63, 3.8) is 0 Å². The van der Waals surface area contributed by atoms with Gasteiger partial charge in [-0.15, -0.1) is 0 Å². The number of rotatable bonds is 4. The molecule has 1 fully saturated rings. The van der Waals surface area contributed by atoms with Gasteiger partial charge in [0.25, 0.3) is 0 Å². The Bertz CT molecular complexity index is 166. The molecule has 3 heteroatoms. The van der Waals surface area contributed by atoms with E-state index in [-0.39, 0.29) is 6.10 Å². The molecule has 1 atom stereocenters. The highest BCUT2D eigenvalue weighted by Gasteiger charge is 2.25. The average Bonchev–Trinajstić information content (AvgIpc) is 2.15. The minimum Gasteiger partial charge on any atom is -0.391 e. The van der Waals surface area contributed by atoms with Gasteiger partial charge in [-0.05, 0) is 25.7 Å². The monoisotopic (exact) mass is 201 g/mol. The van der Waals surface area contributed by atoms with E-state index >= 15 is 0 Å². The van der Waals surface area contributed by atoms with Crippen LogP contribution in [0.3, 0.4) is 0 Å². The van der Waals surface area contributed by atoms with E-state index < -0.39 is 0 Å². The van der Waals surface area contributed by atoms with Gasteiger partial charge in [0.15, 0.2) is 0 Å². The molecular weight excluding hydrogens is 182 g/mol. The zero-order valence-electron chi connectivity index (χ0n) is 8.29. The van der Waals surface area contributed by atoms with Crippen molar-refractivity contribution in [2.45, 2.75) is 45.1 Å². The molecule has 1 unspecified atom stereocenters. The SMILES string of the molecule is CCOC(C(N)=S)C1CCCCC1. The summed E-state index contributed by atoms with van der Waals surface area (Å²) in [4.78, 5) is 0.536. The second-order valence-electron chi connectivity index (χ2n) is 3.68. The lowest BCUT2D eigenvalue weighted by Gasteiger charge is -2.29. The molecule has 0 aromatic carbocycles. The molecule has 1 aliphatic carbocycles. The zero-order valence-corrected chi connectivity index (χ0v) is 9.11. The quantitative estimate of drug-likeness (QED) is 0.709. The van der Waals surface area contributed by atoms with Crippen LogP contribution in [0.25, 0.3) is 0 Å². The Balaban J connectivity index is 2.46. The molecule has 76 valence electrons. The molecule has 0 aliphatic heterocycles. The molecule has 0 aromatic heterocycles. The molecule has 1 saturated carbocycles. The minimum absolute atomic E-state index is 0.0281. The van der Waals surface area contributed by atoms with Crippen LogP contribution in [0.5, 0.6) is 0 Å². The predicted molar refractivity (Wildman–Crippen MR) is 58.8 cm³/mol. The lowest BCUT2D eigenvalue weighted by Crippen LogP contribution is -2.37. The van der Waals surface area contributed by atoms with Crippen LogP contribution in [-0.4, -0.2) is 17.7 Å². The second-order valence-corrected chi connectivity index (χ2v) is 4.15. The van der Waals surface area contributed by atoms with E-state index in [1.54, 1.807) is 0 Å².